The third kappa shape index (κ3) is 3.33. The zero-order valence-corrected chi connectivity index (χ0v) is 19.0. The van der Waals surface area contributed by atoms with Gasteiger partial charge in [0.25, 0.3) is 0 Å². The van der Waals surface area contributed by atoms with Crippen LogP contribution in [0.4, 0.5) is 24.8 Å². The van der Waals surface area contributed by atoms with E-state index in [1.165, 1.54) is 4.90 Å². The maximum atomic E-state index is 13.3. The average Bonchev–Trinajstić information content (AvgIpc) is 3.34. The molecule has 0 saturated carbocycles. The minimum Gasteiger partial charge on any atom is -0.355 e. The molecule has 5 heterocycles. The van der Waals surface area contributed by atoms with Gasteiger partial charge in [-0.2, -0.15) is 13.2 Å². The molecule has 1 N–H and O–H groups in total. The quantitative estimate of drug-likeness (QED) is 0.457. The van der Waals surface area contributed by atoms with Crippen molar-refractivity contribution in [3.8, 4) is 11.5 Å². The Morgan fingerprint density at radius 3 is 2.60 bits per heavy atom. The molecule has 1 atom stereocenters. The average molecular weight is 500 g/mol. The van der Waals surface area contributed by atoms with Crippen molar-refractivity contribution >= 4 is 34.8 Å². The van der Waals surface area contributed by atoms with Crippen molar-refractivity contribution in [2.24, 2.45) is 5.92 Å². The molecule has 12 heteroatoms. The van der Waals surface area contributed by atoms with Gasteiger partial charge < -0.3 is 14.6 Å². The van der Waals surface area contributed by atoms with Crippen LogP contribution in [0.15, 0.2) is 49.1 Å². The van der Waals surface area contributed by atoms with Crippen LogP contribution in [-0.4, -0.2) is 49.5 Å². The third-order valence-corrected chi connectivity index (χ3v) is 6.90. The number of halogens is 4. The van der Waals surface area contributed by atoms with Crippen LogP contribution < -0.4 is 10.2 Å². The van der Waals surface area contributed by atoms with Crippen molar-refractivity contribution in [1.82, 2.24) is 24.3 Å². The van der Waals surface area contributed by atoms with Crippen LogP contribution in [0, 0.1) is 5.92 Å². The van der Waals surface area contributed by atoms with Crippen LogP contribution in [0.25, 0.3) is 17.2 Å². The monoisotopic (exact) mass is 499 g/mol. The number of aromatic nitrogens is 5. The number of anilines is 2. The Hall–Kier alpha value is -3.73. The number of hydrogen-bond acceptors (Lipinski definition) is 6. The molecule has 0 radical (unpaired) electrons. The van der Waals surface area contributed by atoms with Crippen LogP contribution in [0.3, 0.4) is 0 Å². The summed E-state index contributed by atoms with van der Waals surface area (Å²) in [6.45, 7) is 1.19. The van der Waals surface area contributed by atoms with E-state index in [2.05, 4.69) is 25.3 Å². The second kappa shape index (κ2) is 7.38. The molecule has 0 aliphatic carbocycles. The molecule has 2 aliphatic heterocycles. The lowest BCUT2D eigenvalue weighted by atomic mass is 9.77. The van der Waals surface area contributed by atoms with Crippen LogP contribution in [-0.2, 0) is 10.2 Å². The Balaban J connectivity index is 1.52. The van der Waals surface area contributed by atoms with E-state index in [0.717, 1.165) is 0 Å². The smallest absolute Gasteiger partial charge is 0.355 e. The van der Waals surface area contributed by atoms with Crippen LogP contribution in [0.2, 0.25) is 5.02 Å². The number of benzene rings is 1. The summed E-state index contributed by atoms with van der Waals surface area (Å²) in [4.78, 5) is 32.6. The van der Waals surface area contributed by atoms with Gasteiger partial charge in [0.2, 0.25) is 5.91 Å². The van der Waals surface area contributed by atoms with Crippen molar-refractivity contribution in [2.75, 3.05) is 23.3 Å². The number of imidazole rings is 1. The zero-order valence-electron chi connectivity index (χ0n) is 18.2. The SMILES string of the molecule is CC1(c2ccc(Cl)cc2)C(=O)Nc2nc(-c3cn4ccnc4cn3)nc(N3CC(C(F)(F)F)C3)c21. The molecule has 3 aromatic heterocycles. The zero-order chi connectivity index (χ0) is 24.5. The normalized spacial score (nSPS) is 20.1. The molecule has 1 fully saturated rings. The summed E-state index contributed by atoms with van der Waals surface area (Å²) >= 11 is 6.04. The first-order valence-corrected chi connectivity index (χ1v) is 11.1. The molecule has 2 aliphatic rings. The van der Waals surface area contributed by atoms with Crippen molar-refractivity contribution in [1.29, 1.82) is 0 Å². The molecule has 0 spiro atoms. The van der Waals surface area contributed by atoms with Gasteiger partial charge in [-0.15, -0.1) is 0 Å². The molecule has 35 heavy (non-hydrogen) atoms. The summed E-state index contributed by atoms with van der Waals surface area (Å²) in [5.41, 5.74) is 0.842. The van der Waals surface area contributed by atoms with Crippen molar-refractivity contribution in [3.05, 3.63) is 65.2 Å². The summed E-state index contributed by atoms with van der Waals surface area (Å²) < 4.78 is 41.6. The molecule has 1 aromatic carbocycles. The van der Waals surface area contributed by atoms with E-state index in [9.17, 15) is 18.0 Å². The molecule has 1 unspecified atom stereocenters. The maximum absolute atomic E-state index is 13.3. The molecular weight excluding hydrogens is 483 g/mol. The highest BCUT2D eigenvalue weighted by atomic mass is 35.5. The second-order valence-corrected chi connectivity index (χ2v) is 9.23. The van der Waals surface area contributed by atoms with Crippen molar-refractivity contribution < 1.29 is 18.0 Å². The van der Waals surface area contributed by atoms with E-state index in [1.54, 1.807) is 60.4 Å². The van der Waals surface area contributed by atoms with Gasteiger partial charge in [0, 0.05) is 36.7 Å². The molecule has 178 valence electrons. The highest BCUT2D eigenvalue weighted by Gasteiger charge is 2.52. The van der Waals surface area contributed by atoms with Crippen LogP contribution in [0.1, 0.15) is 18.1 Å². The number of carbonyl (C=O) groups is 1. The first kappa shape index (κ1) is 21.8. The minimum absolute atomic E-state index is 0.186. The van der Waals surface area contributed by atoms with Gasteiger partial charge in [0.05, 0.1) is 17.7 Å². The van der Waals surface area contributed by atoms with E-state index >= 15 is 0 Å². The lowest BCUT2D eigenvalue weighted by Gasteiger charge is -2.42. The second-order valence-electron chi connectivity index (χ2n) is 8.79. The highest BCUT2D eigenvalue weighted by molar-refractivity contribution is 6.30. The topological polar surface area (TPSA) is 88.3 Å². The summed E-state index contributed by atoms with van der Waals surface area (Å²) in [5.74, 6) is -1.12. The molecule has 8 nitrogen and oxygen atoms in total. The largest absolute Gasteiger partial charge is 0.395 e. The lowest BCUT2D eigenvalue weighted by Crippen LogP contribution is -2.54. The summed E-state index contributed by atoms with van der Waals surface area (Å²) in [6.07, 6.45) is 2.27. The van der Waals surface area contributed by atoms with E-state index in [-0.39, 0.29) is 36.5 Å². The van der Waals surface area contributed by atoms with Crippen molar-refractivity contribution in [3.63, 3.8) is 0 Å². The Morgan fingerprint density at radius 1 is 1.14 bits per heavy atom. The minimum atomic E-state index is -4.31. The number of alkyl halides is 3. The third-order valence-electron chi connectivity index (χ3n) is 6.65. The van der Waals surface area contributed by atoms with Gasteiger partial charge in [-0.05, 0) is 24.6 Å². The molecule has 6 rings (SSSR count). The standard InChI is InChI=1S/C23H17ClF3N7O/c1-22(12-2-4-14(24)5-3-12)17-19(32-21(22)35)30-18(15-11-33-7-6-28-16(33)8-29-15)31-20(17)34-9-13(10-34)23(25,26)27/h2-8,11,13H,9-10H2,1H3,(H,30,31,32,35). The Kier molecular flexibility index (Phi) is 4.59. The van der Waals surface area contributed by atoms with Gasteiger partial charge in [-0.3, -0.25) is 4.79 Å². The van der Waals surface area contributed by atoms with E-state index in [4.69, 9.17) is 11.6 Å². The number of nitrogens with one attached hydrogen (secondary N) is 1. The molecular formula is C23H17ClF3N7O. The van der Waals surface area contributed by atoms with E-state index in [0.29, 0.717) is 27.5 Å². The fraction of sp³-hybridized carbons (Fsp3) is 0.261. The van der Waals surface area contributed by atoms with Crippen LogP contribution in [0.5, 0.6) is 0 Å². The van der Waals surface area contributed by atoms with Crippen molar-refractivity contribution in [2.45, 2.75) is 18.5 Å². The number of carbonyl (C=O) groups excluding carboxylic acids is 1. The number of nitrogens with zero attached hydrogens (tertiary/aromatic N) is 6. The number of hydrogen-bond donors (Lipinski definition) is 1. The van der Waals surface area contributed by atoms with E-state index < -0.39 is 17.5 Å². The van der Waals surface area contributed by atoms with Gasteiger partial charge in [0.1, 0.15) is 22.7 Å². The molecule has 4 aromatic rings. The van der Waals surface area contributed by atoms with Gasteiger partial charge in [0.15, 0.2) is 11.5 Å². The molecule has 1 saturated heterocycles. The van der Waals surface area contributed by atoms with Crippen LogP contribution >= 0.6 is 11.6 Å². The first-order valence-electron chi connectivity index (χ1n) is 10.8. The number of amides is 1. The van der Waals surface area contributed by atoms with E-state index in [1.807, 2.05) is 0 Å². The predicted octanol–water partition coefficient (Wildman–Crippen LogP) is 4.10. The predicted molar refractivity (Wildman–Crippen MR) is 122 cm³/mol. The maximum Gasteiger partial charge on any atom is 0.395 e. The number of fused-ring (bicyclic) bond motifs is 2. The Morgan fingerprint density at radius 2 is 1.89 bits per heavy atom. The fourth-order valence-corrected chi connectivity index (χ4v) is 4.67. The fourth-order valence-electron chi connectivity index (χ4n) is 4.55. The summed E-state index contributed by atoms with van der Waals surface area (Å²) in [7, 11) is 0. The Labute approximate surface area is 201 Å². The number of rotatable bonds is 3. The first-order chi connectivity index (χ1) is 16.6. The molecule has 0 bridgehead atoms. The summed E-state index contributed by atoms with van der Waals surface area (Å²) in [6, 6.07) is 6.77. The Bertz CT molecular complexity index is 1480. The van der Waals surface area contributed by atoms with Gasteiger partial charge in [-0.25, -0.2) is 19.9 Å². The summed E-state index contributed by atoms with van der Waals surface area (Å²) in [5, 5.41) is 3.31. The van der Waals surface area contributed by atoms with Gasteiger partial charge in [-0.1, -0.05) is 23.7 Å². The highest BCUT2D eigenvalue weighted by Crippen LogP contribution is 2.48. The lowest BCUT2D eigenvalue weighted by molar-refractivity contribution is -0.180. The molecule has 1 amide bonds. The van der Waals surface area contributed by atoms with Gasteiger partial charge >= 0.3 is 6.18 Å².